The lowest BCUT2D eigenvalue weighted by Crippen LogP contribution is -2.44. The Hall–Kier alpha value is -1.06. The molecular formula is C18H26N2O. The molecule has 3 heteroatoms. The van der Waals surface area contributed by atoms with E-state index in [4.69, 9.17) is 4.74 Å². The van der Waals surface area contributed by atoms with Gasteiger partial charge in [-0.2, -0.15) is 0 Å². The first-order valence-corrected chi connectivity index (χ1v) is 8.50. The molecule has 1 aromatic carbocycles. The molecule has 1 atom stereocenters. The molecule has 3 aliphatic rings. The smallest absolute Gasteiger partial charge is 0.119 e. The molecule has 1 aromatic rings. The molecule has 1 unspecified atom stereocenters. The molecule has 3 nitrogen and oxygen atoms in total. The predicted molar refractivity (Wildman–Crippen MR) is 84.8 cm³/mol. The summed E-state index contributed by atoms with van der Waals surface area (Å²) in [6.07, 6.45) is 7.95. The van der Waals surface area contributed by atoms with E-state index in [1.165, 1.54) is 62.7 Å². The van der Waals surface area contributed by atoms with E-state index in [1.807, 2.05) is 0 Å². The molecule has 1 heterocycles. The van der Waals surface area contributed by atoms with Crippen molar-refractivity contribution in [3.05, 3.63) is 29.3 Å². The van der Waals surface area contributed by atoms with Gasteiger partial charge in [0.1, 0.15) is 5.75 Å². The van der Waals surface area contributed by atoms with Crippen molar-refractivity contribution in [3.63, 3.8) is 0 Å². The van der Waals surface area contributed by atoms with Gasteiger partial charge in [0.25, 0.3) is 0 Å². The second kappa shape index (κ2) is 5.62. The van der Waals surface area contributed by atoms with Gasteiger partial charge in [-0.15, -0.1) is 0 Å². The Morgan fingerprint density at radius 2 is 1.90 bits per heavy atom. The minimum Gasteiger partial charge on any atom is -0.497 e. The first-order chi connectivity index (χ1) is 10.3. The van der Waals surface area contributed by atoms with Crippen LogP contribution in [0.4, 0.5) is 0 Å². The molecule has 2 fully saturated rings. The average molecular weight is 286 g/mol. The van der Waals surface area contributed by atoms with Crippen LogP contribution in [0.3, 0.4) is 0 Å². The van der Waals surface area contributed by atoms with Crippen LogP contribution in [0.1, 0.15) is 49.3 Å². The Balaban J connectivity index is 1.38. The van der Waals surface area contributed by atoms with Crippen LogP contribution in [0.5, 0.6) is 5.75 Å². The third-order valence-electron chi connectivity index (χ3n) is 5.46. The van der Waals surface area contributed by atoms with Gasteiger partial charge in [0.15, 0.2) is 0 Å². The molecule has 1 saturated carbocycles. The van der Waals surface area contributed by atoms with Crippen LogP contribution in [0.15, 0.2) is 18.2 Å². The van der Waals surface area contributed by atoms with Gasteiger partial charge >= 0.3 is 0 Å². The monoisotopic (exact) mass is 286 g/mol. The van der Waals surface area contributed by atoms with Crippen molar-refractivity contribution in [1.29, 1.82) is 0 Å². The molecule has 4 rings (SSSR count). The summed E-state index contributed by atoms with van der Waals surface area (Å²) in [5.41, 5.74) is 2.97. The summed E-state index contributed by atoms with van der Waals surface area (Å²) < 4.78 is 5.39. The number of nitrogens with one attached hydrogen (secondary N) is 1. The largest absolute Gasteiger partial charge is 0.497 e. The number of ether oxygens (including phenoxy) is 1. The second-order valence-corrected chi connectivity index (χ2v) is 6.86. The zero-order valence-corrected chi connectivity index (χ0v) is 13.0. The highest BCUT2D eigenvalue weighted by Gasteiger charge is 2.33. The van der Waals surface area contributed by atoms with E-state index >= 15 is 0 Å². The van der Waals surface area contributed by atoms with Gasteiger partial charge in [0.05, 0.1) is 7.11 Å². The van der Waals surface area contributed by atoms with Gasteiger partial charge in [-0.05, 0) is 74.9 Å². The highest BCUT2D eigenvalue weighted by molar-refractivity contribution is 5.40. The number of hydrogen-bond acceptors (Lipinski definition) is 3. The van der Waals surface area contributed by atoms with E-state index in [9.17, 15) is 0 Å². The molecule has 0 radical (unpaired) electrons. The molecule has 1 saturated heterocycles. The number of methoxy groups -OCH3 is 1. The molecule has 1 aliphatic heterocycles. The first-order valence-electron chi connectivity index (χ1n) is 8.50. The third kappa shape index (κ3) is 2.82. The van der Waals surface area contributed by atoms with E-state index in [0.29, 0.717) is 12.1 Å². The zero-order chi connectivity index (χ0) is 14.2. The molecule has 114 valence electrons. The fourth-order valence-corrected chi connectivity index (χ4v) is 4.04. The van der Waals surface area contributed by atoms with Crippen LogP contribution in [0.25, 0.3) is 0 Å². The number of aryl methyl sites for hydroxylation is 1. The van der Waals surface area contributed by atoms with Gasteiger partial charge in [-0.25, -0.2) is 0 Å². The molecule has 0 aromatic heterocycles. The van der Waals surface area contributed by atoms with E-state index in [2.05, 4.69) is 28.4 Å². The number of benzene rings is 1. The number of nitrogens with zero attached hydrogens (tertiary/aromatic N) is 1. The second-order valence-electron chi connectivity index (χ2n) is 6.86. The average Bonchev–Trinajstić information content (AvgIpc) is 3.31. The highest BCUT2D eigenvalue weighted by atomic mass is 16.5. The molecule has 0 bridgehead atoms. The normalized spacial score (nSPS) is 26.8. The summed E-state index contributed by atoms with van der Waals surface area (Å²) >= 11 is 0. The van der Waals surface area contributed by atoms with E-state index in [0.717, 1.165) is 11.8 Å². The van der Waals surface area contributed by atoms with Crippen LogP contribution < -0.4 is 10.1 Å². The topological polar surface area (TPSA) is 24.5 Å². The standard InChI is InChI=1S/C18H26N2O/c1-21-16-6-2-13-3-7-18(17(13)12-16)19-14-8-10-20(11-9-14)15-4-5-15/h2,6,12,14-15,18-19H,3-5,7-11H2,1H3. The maximum atomic E-state index is 5.39. The number of hydrogen-bond donors (Lipinski definition) is 1. The third-order valence-corrected chi connectivity index (χ3v) is 5.46. The van der Waals surface area contributed by atoms with Crippen LogP contribution in [-0.2, 0) is 6.42 Å². The van der Waals surface area contributed by atoms with Crippen molar-refractivity contribution in [2.75, 3.05) is 20.2 Å². The van der Waals surface area contributed by atoms with Crippen LogP contribution in [0, 0.1) is 0 Å². The Kier molecular flexibility index (Phi) is 3.64. The first kappa shape index (κ1) is 13.6. The minimum absolute atomic E-state index is 0.535. The van der Waals surface area contributed by atoms with Crippen molar-refractivity contribution in [1.82, 2.24) is 10.2 Å². The maximum absolute atomic E-state index is 5.39. The van der Waals surface area contributed by atoms with Gasteiger partial charge in [-0.1, -0.05) is 6.07 Å². The molecule has 1 N–H and O–H groups in total. The summed E-state index contributed by atoms with van der Waals surface area (Å²) in [6.45, 7) is 2.58. The number of fused-ring (bicyclic) bond motifs is 1. The molecule has 0 amide bonds. The molecule has 21 heavy (non-hydrogen) atoms. The summed E-state index contributed by atoms with van der Waals surface area (Å²) in [5.74, 6) is 0.992. The van der Waals surface area contributed by atoms with Crippen LogP contribution >= 0.6 is 0 Å². The number of piperidine rings is 1. The Labute approximate surface area is 127 Å². The van der Waals surface area contributed by atoms with Gasteiger partial charge in [0, 0.05) is 18.1 Å². The number of rotatable bonds is 4. The highest BCUT2D eigenvalue weighted by Crippen LogP contribution is 2.35. The van der Waals surface area contributed by atoms with E-state index < -0.39 is 0 Å². The Bertz CT molecular complexity index is 504. The van der Waals surface area contributed by atoms with Crippen molar-refractivity contribution in [3.8, 4) is 5.75 Å². The summed E-state index contributed by atoms with van der Waals surface area (Å²) in [6, 6.07) is 8.73. The zero-order valence-electron chi connectivity index (χ0n) is 13.0. The fourth-order valence-electron chi connectivity index (χ4n) is 4.04. The van der Waals surface area contributed by atoms with Gasteiger partial charge in [-0.3, -0.25) is 0 Å². The van der Waals surface area contributed by atoms with Crippen molar-refractivity contribution >= 4 is 0 Å². The van der Waals surface area contributed by atoms with Gasteiger partial charge in [0.2, 0.25) is 0 Å². The van der Waals surface area contributed by atoms with Crippen LogP contribution in [0.2, 0.25) is 0 Å². The van der Waals surface area contributed by atoms with Crippen molar-refractivity contribution in [2.45, 2.75) is 56.7 Å². The van der Waals surface area contributed by atoms with E-state index in [-0.39, 0.29) is 0 Å². The maximum Gasteiger partial charge on any atom is 0.119 e. The molecular weight excluding hydrogens is 260 g/mol. The SMILES string of the molecule is COc1ccc2c(c1)C(NC1CCN(C3CC3)CC1)CC2. The molecule has 2 aliphatic carbocycles. The van der Waals surface area contributed by atoms with Crippen molar-refractivity contribution in [2.24, 2.45) is 0 Å². The summed E-state index contributed by atoms with van der Waals surface area (Å²) in [5, 5.41) is 3.92. The Morgan fingerprint density at radius 3 is 2.62 bits per heavy atom. The lowest BCUT2D eigenvalue weighted by molar-refractivity contribution is 0.183. The summed E-state index contributed by atoms with van der Waals surface area (Å²) in [7, 11) is 1.76. The predicted octanol–water partition coefficient (Wildman–Crippen LogP) is 2.90. The lowest BCUT2D eigenvalue weighted by atomic mass is 10.0. The van der Waals surface area contributed by atoms with Crippen LogP contribution in [-0.4, -0.2) is 37.2 Å². The summed E-state index contributed by atoms with van der Waals surface area (Å²) in [4.78, 5) is 2.70. The van der Waals surface area contributed by atoms with Crippen molar-refractivity contribution < 1.29 is 4.74 Å². The number of likely N-dealkylation sites (tertiary alicyclic amines) is 1. The lowest BCUT2D eigenvalue weighted by Gasteiger charge is -2.34. The quantitative estimate of drug-likeness (QED) is 0.921. The molecule has 0 spiro atoms. The van der Waals surface area contributed by atoms with E-state index in [1.54, 1.807) is 7.11 Å². The Morgan fingerprint density at radius 1 is 1.10 bits per heavy atom. The minimum atomic E-state index is 0.535. The fraction of sp³-hybridized carbons (Fsp3) is 0.667. The van der Waals surface area contributed by atoms with Gasteiger partial charge < -0.3 is 15.0 Å².